The number of aryl methyl sites for hydroxylation is 1. The molecule has 1 unspecified atom stereocenters. The van der Waals surface area contributed by atoms with Gasteiger partial charge in [-0.2, -0.15) is 0 Å². The molecule has 0 aliphatic carbocycles. The van der Waals surface area contributed by atoms with Gasteiger partial charge < -0.3 is 14.9 Å². The van der Waals surface area contributed by atoms with Crippen molar-refractivity contribution < 1.29 is 9.15 Å². The summed E-state index contributed by atoms with van der Waals surface area (Å²) >= 11 is 7.05. The van der Waals surface area contributed by atoms with Gasteiger partial charge >= 0.3 is 0 Å². The maximum Gasteiger partial charge on any atom is 0.253 e. The molecule has 21 heavy (non-hydrogen) atoms. The number of rotatable bonds is 6. The van der Waals surface area contributed by atoms with Crippen LogP contribution in [0, 0.1) is 6.92 Å². The number of nitrogens with zero attached hydrogens (tertiary/aromatic N) is 2. The molecule has 0 saturated carbocycles. The van der Waals surface area contributed by atoms with Crippen molar-refractivity contribution in [3.05, 3.63) is 38.4 Å². The van der Waals surface area contributed by atoms with E-state index >= 15 is 0 Å². The van der Waals surface area contributed by atoms with Gasteiger partial charge in [0.2, 0.25) is 5.89 Å². The van der Waals surface area contributed by atoms with E-state index in [1.54, 1.807) is 6.92 Å². The third-order valence-electron chi connectivity index (χ3n) is 2.99. The molecule has 2 N–H and O–H groups in total. The van der Waals surface area contributed by atoms with Gasteiger partial charge in [0.15, 0.2) is 6.61 Å². The molecule has 0 aliphatic heterocycles. The Morgan fingerprint density at radius 3 is 2.48 bits per heavy atom. The molecule has 0 radical (unpaired) electrons. The molecule has 1 heterocycles. The summed E-state index contributed by atoms with van der Waals surface area (Å²) < 4.78 is 12.7. The van der Waals surface area contributed by atoms with Crippen LogP contribution >= 0.6 is 31.9 Å². The highest BCUT2D eigenvalue weighted by molar-refractivity contribution is 9.11. The molecule has 114 valence electrons. The van der Waals surface area contributed by atoms with Crippen LogP contribution < -0.4 is 10.5 Å². The fourth-order valence-corrected chi connectivity index (χ4v) is 3.36. The molecule has 0 spiro atoms. The van der Waals surface area contributed by atoms with Crippen molar-refractivity contribution in [1.29, 1.82) is 0 Å². The van der Waals surface area contributed by atoms with Crippen molar-refractivity contribution in [1.82, 2.24) is 10.2 Å². The lowest BCUT2D eigenvalue weighted by molar-refractivity contribution is 0.257. The van der Waals surface area contributed by atoms with Crippen LogP contribution in [0.1, 0.15) is 30.7 Å². The number of nitrogens with two attached hydrogens (primary N) is 1. The summed E-state index contributed by atoms with van der Waals surface area (Å²) in [7, 11) is 0. The summed E-state index contributed by atoms with van der Waals surface area (Å²) in [5.41, 5.74) is 7.15. The lowest BCUT2D eigenvalue weighted by atomic mass is 10.0. The summed E-state index contributed by atoms with van der Waals surface area (Å²) in [4.78, 5) is 0. The minimum absolute atomic E-state index is 0.164. The zero-order chi connectivity index (χ0) is 15.4. The van der Waals surface area contributed by atoms with Gasteiger partial charge in [-0.1, -0.05) is 6.92 Å². The first-order valence-electron chi connectivity index (χ1n) is 6.64. The molecule has 0 saturated heterocycles. The van der Waals surface area contributed by atoms with Crippen molar-refractivity contribution in [2.75, 3.05) is 0 Å². The van der Waals surface area contributed by atoms with Crippen molar-refractivity contribution in [3.8, 4) is 5.75 Å². The van der Waals surface area contributed by atoms with E-state index in [9.17, 15) is 0 Å². The van der Waals surface area contributed by atoms with Gasteiger partial charge in [-0.3, -0.25) is 0 Å². The maximum atomic E-state index is 5.99. The van der Waals surface area contributed by atoms with E-state index < -0.39 is 0 Å². The second-order valence-electron chi connectivity index (χ2n) is 4.76. The highest BCUT2D eigenvalue weighted by Gasteiger charge is 2.12. The van der Waals surface area contributed by atoms with E-state index in [4.69, 9.17) is 14.9 Å². The quantitative estimate of drug-likeness (QED) is 0.772. The summed E-state index contributed by atoms with van der Waals surface area (Å²) in [6, 6.07) is 4.21. The van der Waals surface area contributed by atoms with E-state index in [1.807, 2.05) is 12.1 Å². The highest BCUT2D eigenvalue weighted by atomic mass is 79.9. The molecule has 1 aromatic heterocycles. The Kier molecular flexibility index (Phi) is 5.78. The van der Waals surface area contributed by atoms with Gasteiger partial charge in [0.05, 0.1) is 8.95 Å². The summed E-state index contributed by atoms with van der Waals surface area (Å²) in [6.45, 7) is 4.05. The van der Waals surface area contributed by atoms with Gasteiger partial charge in [-0.15, -0.1) is 10.2 Å². The average Bonchev–Trinajstić information content (AvgIpc) is 2.83. The van der Waals surface area contributed by atoms with Crippen LogP contribution in [0.3, 0.4) is 0 Å². The van der Waals surface area contributed by atoms with Gasteiger partial charge in [0.25, 0.3) is 5.89 Å². The Bertz CT molecular complexity index is 593. The van der Waals surface area contributed by atoms with Crippen LogP contribution in [0.2, 0.25) is 0 Å². The number of hydrogen-bond acceptors (Lipinski definition) is 5. The molecular weight excluding hydrogens is 402 g/mol. The van der Waals surface area contributed by atoms with Crippen LogP contribution in [-0.2, 0) is 13.0 Å². The zero-order valence-corrected chi connectivity index (χ0v) is 15.1. The predicted molar refractivity (Wildman–Crippen MR) is 87.2 cm³/mol. The molecule has 0 fully saturated rings. The predicted octanol–water partition coefficient (Wildman–Crippen LogP) is 3.76. The van der Waals surface area contributed by atoms with Crippen LogP contribution in [0.15, 0.2) is 25.5 Å². The standard InChI is InChI=1S/C14H17Br2N3O2/c1-3-10(17)4-9-5-11(15)14(12(16)6-9)20-7-13-19-18-8(2)21-13/h5-6,10H,3-4,7,17H2,1-2H3. The van der Waals surface area contributed by atoms with E-state index in [2.05, 4.69) is 49.0 Å². The lowest BCUT2D eigenvalue weighted by Gasteiger charge is -2.13. The van der Waals surface area contributed by atoms with Gasteiger partial charge in [-0.05, 0) is 62.4 Å². The molecule has 5 nitrogen and oxygen atoms in total. The zero-order valence-electron chi connectivity index (χ0n) is 11.9. The molecule has 0 aliphatic rings. The van der Waals surface area contributed by atoms with Gasteiger partial charge in [0, 0.05) is 13.0 Å². The molecule has 1 aromatic carbocycles. The number of aromatic nitrogens is 2. The van der Waals surface area contributed by atoms with Crippen LogP contribution in [-0.4, -0.2) is 16.2 Å². The Balaban J connectivity index is 2.09. The maximum absolute atomic E-state index is 5.99. The molecule has 2 rings (SSSR count). The molecule has 1 atom stereocenters. The van der Waals surface area contributed by atoms with Crippen molar-refractivity contribution in [3.63, 3.8) is 0 Å². The Hall–Kier alpha value is -0.920. The van der Waals surface area contributed by atoms with Crippen LogP contribution in [0.25, 0.3) is 0 Å². The minimum Gasteiger partial charge on any atom is -0.481 e. The SMILES string of the molecule is CCC(N)Cc1cc(Br)c(OCc2nnc(C)o2)c(Br)c1. The molecule has 2 aromatic rings. The molecule has 0 amide bonds. The topological polar surface area (TPSA) is 74.2 Å². The minimum atomic E-state index is 0.164. The number of benzene rings is 1. The third-order valence-corrected chi connectivity index (χ3v) is 4.17. The van der Waals surface area contributed by atoms with Crippen LogP contribution in [0.5, 0.6) is 5.75 Å². The molecule has 7 heteroatoms. The second kappa shape index (κ2) is 7.38. The third kappa shape index (κ3) is 4.52. The number of ether oxygens (including phenoxy) is 1. The van der Waals surface area contributed by atoms with Gasteiger partial charge in [-0.25, -0.2) is 0 Å². The van der Waals surface area contributed by atoms with Crippen molar-refractivity contribution in [2.45, 2.75) is 39.3 Å². The first-order valence-corrected chi connectivity index (χ1v) is 8.23. The van der Waals surface area contributed by atoms with E-state index in [0.29, 0.717) is 17.5 Å². The van der Waals surface area contributed by atoms with Crippen LogP contribution in [0.4, 0.5) is 0 Å². The monoisotopic (exact) mass is 417 g/mol. The first kappa shape index (κ1) is 16.5. The summed E-state index contributed by atoms with van der Waals surface area (Å²) in [6.07, 6.45) is 1.78. The van der Waals surface area contributed by atoms with E-state index in [1.165, 1.54) is 0 Å². The summed E-state index contributed by atoms with van der Waals surface area (Å²) in [5.74, 6) is 1.68. The van der Waals surface area contributed by atoms with Gasteiger partial charge in [0.1, 0.15) is 5.75 Å². The van der Waals surface area contributed by atoms with E-state index in [-0.39, 0.29) is 12.6 Å². The Morgan fingerprint density at radius 1 is 1.29 bits per heavy atom. The second-order valence-corrected chi connectivity index (χ2v) is 6.47. The fraction of sp³-hybridized carbons (Fsp3) is 0.429. The highest BCUT2D eigenvalue weighted by Crippen LogP contribution is 2.35. The number of hydrogen-bond donors (Lipinski definition) is 1. The lowest BCUT2D eigenvalue weighted by Crippen LogP contribution is -2.21. The van der Waals surface area contributed by atoms with Crippen molar-refractivity contribution >= 4 is 31.9 Å². The fourth-order valence-electron chi connectivity index (χ4n) is 1.84. The number of halogens is 2. The largest absolute Gasteiger partial charge is 0.481 e. The molecular formula is C14H17Br2N3O2. The molecule has 0 bridgehead atoms. The Labute approximate surface area is 140 Å². The average molecular weight is 419 g/mol. The summed E-state index contributed by atoms with van der Waals surface area (Å²) in [5, 5.41) is 7.67. The van der Waals surface area contributed by atoms with Crippen molar-refractivity contribution in [2.24, 2.45) is 5.73 Å². The first-order chi connectivity index (χ1) is 9.99. The smallest absolute Gasteiger partial charge is 0.253 e. The normalized spacial score (nSPS) is 12.4. The Morgan fingerprint density at radius 2 is 1.95 bits per heavy atom. The van der Waals surface area contributed by atoms with E-state index in [0.717, 1.165) is 27.4 Å².